The van der Waals surface area contributed by atoms with Crippen molar-refractivity contribution in [3.05, 3.63) is 101 Å². The number of carbonyl (C=O) groups excluding carboxylic acids is 1. The Morgan fingerprint density at radius 1 is 1.00 bits per heavy atom. The normalized spacial score (nSPS) is 18.8. The van der Waals surface area contributed by atoms with Crippen LogP contribution in [-0.4, -0.2) is 48.3 Å². The van der Waals surface area contributed by atoms with E-state index < -0.39 is 0 Å². The largest absolute Gasteiger partial charge is 0.497 e. The van der Waals surface area contributed by atoms with Gasteiger partial charge in [-0.25, -0.2) is 5.01 Å². The van der Waals surface area contributed by atoms with Gasteiger partial charge in [0.1, 0.15) is 5.75 Å². The third-order valence-corrected chi connectivity index (χ3v) is 7.51. The minimum Gasteiger partial charge on any atom is -0.497 e. The Kier molecular flexibility index (Phi) is 7.69. The highest BCUT2D eigenvalue weighted by atomic mass is 35.5. The molecule has 0 saturated carbocycles. The molecule has 3 aromatic rings. The van der Waals surface area contributed by atoms with E-state index in [9.17, 15) is 4.79 Å². The molecule has 1 amide bonds. The highest BCUT2D eigenvalue weighted by Gasteiger charge is 2.34. The number of hydrazone groups is 1. The Labute approximate surface area is 218 Å². The van der Waals surface area contributed by atoms with Gasteiger partial charge in [-0.05, 0) is 73.7 Å². The number of hydrogen-bond acceptors (Lipinski definition) is 4. The molecule has 5 rings (SSSR count). The van der Waals surface area contributed by atoms with E-state index in [4.69, 9.17) is 21.4 Å². The third-order valence-electron chi connectivity index (χ3n) is 7.26. The second-order valence-corrected chi connectivity index (χ2v) is 10.1. The van der Waals surface area contributed by atoms with Crippen LogP contribution < -0.4 is 4.74 Å². The van der Waals surface area contributed by atoms with E-state index in [1.165, 1.54) is 5.56 Å². The molecule has 5 nitrogen and oxygen atoms in total. The van der Waals surface area contributed by atoms with E-state index in [0.717, 1.165) is 54.9 Å². The molecular weight excluding hydrogens is 470 g/mol. The molecule has 36 heavy (non-hydrogen) atoms. The minimum absolute atomic E-state index is 0.0364. The van der Waals surface area contributed by atoms with Crippen LogP contribution in [0.3, 0.4) is 0 Å². The van der Waals surface area contributed by atoms with Crippen molar-refractivity contribution in [3.8, 4) is 5.75 Å². The lowest BCUT2D eigenvalue weighted by Gasteiger charge is -2.33. The lowest BCUT2D eigenvalue weighted by atomic mass is 9.90. The van der Waals surface area contributed by atoms with Crippen molar-refractivity contribution in [1.29, 1.82) is 0 Å². The van der Waals surface area contributed by atoms with Crippen molar-refractivity contribution in [2.75, 3.05) is 26.7 Å². The van der Waals surface area contributed by atoms with E-state index in [1.54, 1.807) is 12.1 Å². The molecule has 1 fully saturated rings. The van der Waals surface area contributed by atoms with Gasteiger partial charge >= 0.3 is 0 Å². The molecule has 2 aliphatic rings. The van der Waals surface area contributed by atoms with Gasteiger partial charge in [0.2, 0.25) is 0 Å². The third kappa shape index (κ3) is 5.80. The lowest BCUT2D eigenvalue weighted by Crippen LogP contribution is -2.42. The Balaban J connectivity index is 1.28. The minimum atomic E-state index is -0.147. The topological polar surface area (TPSA) is 45.1 Å². The van der Waals surface area contributed by atoms with Crippen LogP contribution in [0.15, 0.2) is 84.0 Å². The van der Waals surface area contributed by atoms with Crippen LogP contribution in [0.1, 0.15) is 42.0 Å². The Bertz CT molecular complexity index is 1200. The maximum atomic E-state index is 13.6. The molecule has 1 atom stereocenters. The average Bonchev–Trinajstić information content (AvgIpc) is 3.37. The van der Waals surface area contributed by atoms with Crippen molar-refractivity contribution in [2.24, 2.45) is 11.0 Å². The summed E-state index contributed by atoms with van der Waals surface area (Å²) in [6.45, 7) is 2.27. The number of amides is 1. The van der Waals surface area contributed by atoms with Gasteiger partial charge in [-0.1, -0.05) is 66.2 Å². The second kappa shape index (κ2) is 11.3. The number of likely N-dealkylation sites (tertiary alicyclic amines) is 1. The van der Waals surface area contributed by atoms with Gasteiger partial charge in [0.05, 0.1) is 25.4 Å². The fourth-order valence-corrected chi connectivity index (χ4v) is 5.35. The van der Waals surface area contributed by atoms with Gasteiger partial charge in [0.15, 0.2) is 0 Å². The highest BCUT2D eigenvalue weighted by molar-refractivity contribution is 6.30. The van der Waals surface area contributed by atoms with Gasteiger partial charge in [0, 0.05) is 17.0 Å². The number of nitrogens with zero attached hydrogens (tertiary/aromatic N) is 3. The zero-order valence-corrected chi connectivity index (χ0v) is 21.4. The van der Waals surface area contributed by atoms with Crippen LogP contribution in [0, 0.1) is 5.92 Å². The molecule has 0 N–H and O–H groups in total. The first-order valence-corrected chi connectivity index (χ1v) is 13.0. The summed E-state index contributed by atoms with van der Waals surface area (Å²) in [6, 6.07) is 26.2. The fraction of sp³-hybridized carbons (Fsp3) is 0.333. The van der Waals surface area contributed by atoms with Crippen LogP contribution in [-0.2, 0) is 11.2 Å². The predicted octanol–water partition coefficient (Wildman–Crippen LogP) is 5.98. The van der Waals surface area contributed by atoms with Crippen LogP contribution in [0.25, 0.3) is 0 Å². The second-order valence-electron chi connectivity index (χ2n) is 9.70. The van der Waals surface area contributed by atoms with Crippen molar-refractivity contribution in [1.82, 2.24) is 9.91 Å². The van der Waals surface area contributed by atoms with Gasteiger partial charge in [0.25, 0.3) is 5.91 Å². The van der Waals surface area contributed by atoms with Crippen molar-refractivity contribution in [3.63, 3.8) is 0 Å². The molecular formula is C30H32ClN3O2. The molecule has 0 aromatic heterocycles. The number of methoxy groups -OCH3 is 1. The number of ether oxygens (including phenoxy) is 1. The van der Waals surface area contributed by atoms with Crippen LogP contribution >= 0.6 is 11.6 Å². The van der Waals surface area contributed by atoms with Crippen molar-refractivity contribution < 1.29 is 9.53 Å². The summed E-state index contributed by atoms with van der Waals surface area (Å²) in [7, 11) is 1.66. The number of halogens is 1. The summed E-state index contributed by atoms with van der Waals surface area (Å²) in [5.41, 5.74) is 4.30. The molecule has 0 spiro atoms. The SMILES string of the molecule is COc1cccc(C2=NN(C(=O)CN3CCC(Cc4ccccc4)CC3)[C@@H](c3ccc(Cl)cc3)C2)c1. The summed E-state index contributed by atoms with van der Waals surface area (Å²) >= 11 is 6.14. The predicted molar refractivity (Wildman–Crippen MR) is 144 cm³/mol. The van der Waals surface area contributed by atoms with Crippen molar-refractivity contribution in [2.45, 2.75) is 31.7 Å². The molecule has 0 bridgehead atoms. The molecule has 0 radical (unpaired) electrons. The average molecular weight is 502 g/mol. The highest BCUT2D eigenvalue weighted by Crippen LogP contribution is 2.34. The van der Waals surface area contributed by atoms with E-state index in [2.05, 4.69) is 35.2 Å². The first-order valence-electron chi connectivity index (χ1n) is 12.6. The molecule has 6 heteroatoms. The molecule has 0 aliphatic carbocycles. The van der Waals surface area contributed by atoms with Gasteiger partial charge < -0.3 is 4.74 Å². The van der Waals surface area contributed by atoms with Gasteiger partial charge in [-0.15, -0.1) is 0 Å². The van der Waals surface area contributed by atoms with Gasteiger partial charge in [-0.3, -0.25) is 9.69 Å². The van der Waals surface area contributed by atoms with E-state index in [0.29, 0.717) is 23.9 Å². The maximum absolute atomic E-state index is 13.6. The molecule has 1 saturated heterocycles. The fourth-order valence-electron chi connectivity index (χ4n) is 5.22. The molecule has 3 aromatic carbocycles. The summed E-state index contributed by atoms with van der Waals surface area (Å²) in [6.07, 6.45) is 3.99. The van der Waals surface area contributed by atoms with Gasteiger partial charge in [-0.2, -0.15) is 5.10 Å². The Morgan fingerprint density at radius 3 is 2.47 bits per heavy atom. The molecule has 0 unspecified atom stereocenters. The smallest absolute Gasteiger partial charge is 0.257 e. The Morgan fingerprint density at radius 2 is 1.75 bits per heavy atom. The molecule has 2 aliphatic heterocycles. The monoisotopic (exact) mass is 501 g/mol. The van der Waals surface area contributed by atoms with E-state index in [1.807, 2.05) is 48.5 Å². The van der Waals surface area contributed by atoms with Crippen LogP contribution in [0.2, 0.25) is 5.02 Å². The maximum Gasteiger partial charge on any atom is 0.257 e. The molecule has 186 valence electrons. The lowest BCUT2D eigenvalue weighted by molar-refractivity contribution is -0.134. The standard InChI is InChI=1S/C30H32ClN3O2/c1-36-27-9-5-8-25(19-27)28-20-29(24-10-12-26(31)13-11-24)34(32-28)30(35)21-33-16-14-23(15-17-33)18-22-6-3-2-4-7-22/h2-13,19,23,29H,14-18,20-21H2,1H3/t29-/m1/s1. The number of hydrogen-bond donors (Lipinski definition) is 0. The zero-order chi connectivity index (χ0) is 24.9. The summed E-state index contributed by atoms with van der Waals surface area (Å²) in [4.78, 5) is 15.8. The number of rotatable bonds is 7. The first kappa shape index (κ1) is 24.5. The number of benzene rings is 3. The molecule has 2 heterocycles. The Hall–Kier alpha value is -3.15. The number of piperidine rings is 1. The van der Waals surface area contributed by atoms with Crippen molar-refractivity contribution >= 4 is 23.2 Å². The van der Waals surface area contributed by atoms with Crippen LogP contribution in [0.5, 0.6) is 5.75 Å². The van der Waals surface area contributed by atoms with E-state index in [-0.39, 0.29) is 11.9 Å². The summed E-state index contributed by atoms with van der Waals surface area (Å²) in [5, 5.41) is 7.21. The zero-order valence-electron chi connectivity index (χ0n) is 20.6. The van der Waals surface area contributed by atoms with E-state index >= 15 is 0 Å². The summed E-state index contributed by atoms with van der Waals surface area (Å²) in [5.74, 6) is 1.49. The number of carbonyl (C=O) groups is 1. The quantitative estimate of drug-likeness (QED) is 0.400. The van der Waals surface area contributed by atoms with Crippen LogP contribution in [0.4, 0.5) is 0 Å². The summed E-state index contributed by atoms with van der Waals surface area (Å²) < 4.78 is 5.40. The first-order chi connectivity index (χ1) is 17.6.